The van der Waals surface area contributed by atoms with Gasteiger partial charge in [0.15, 0.2) is 11.0 Å². The Labute approximate surface area is 161 Å². The number of hydrogen-bond donors (Lipinski definition) is 1. The minimum atomic E-state index is -4.92. The zero-order valence-electron chi connectivity index (χ0n) is 16.6. The van der Waals surface area contributed by atoms with Crippen LogP contribution in [0.3, 0.4) is 0 Å². The second kappa shape index (κ2) is 7.35. The number of benzene rings is 1. The average Bonchev–Trinajstić information content (AvgIpc) is 2.53. The normalized spacial score (nSPS) is 14.8. The van der Waals surface area contributed by atoms with Crippen molar-refractivity contribution in [2.24, 2.45) is 0 Å². The third-order valence-electron chi connectivity index (χ3n) is 5.07. The van der Waals surface area contributed by atoms with E-state index in [0.29, 0.717) is 22.3 Å². The van der Waals surface area contributed by atoms with Crippen molar-refractivity contribution in [1.82, 2.24) is 4.57 Å². The summed E-state index contributed by atoms with van der Waals surface area (Å²) in [5.74, 6) is -0.545. The molecule has 1 heterocycles. The highest BCUT2D eigenvalue weighted by Gasteiger charge is 2.56. The molecule has 1 N–H and O–H groups in total. The van der Waals surface area contributed by atoms with Crippen LogP contribution in [0.1, 0.15) is 42.5 Å². The third-order valence-corrected chi connectivity index (χ3v) is 5.07. The van der Waals surface area contributed by atoms with Gasteiger partial charge in [-0.15, -0.1) is 0 Å². The van der Waals surface area contributed by atoms with Gasteiger partial charge in [-0.2, -0.15) is 13.2 Å². The van der Waals surface area contributed by atoms with Crippen LogP contribution in [0.25, 0.3) is 0 Å². The van der Waals surface area contributed by atoms with E-state index in [-0.39, 0.29) is 5.43 Å². The van der Waals surface area contributed by atoms with Crippen molar-refractivity contribution >= 4 is 0 Å². The molecule has 7 heteroatoms. The molecule has 1 atom stereocenters. The fourth-order valence-corrected chi connectivity index (χ4v) is 3.75. The van der Waals surface area contributed by atoms with Crippen molar-refractivity contribution in [1.29, 1.82) is 0 Å². The number of aliphatic hydroxyl groups is 1. The van der Waals surface area contributed by atoms with Crippen LogP contribution in [-0.4, -0.2) is 21.5 Å². The molecule has 0 fully saturated rings. The second-order valence-electron chi connectivity index (χ2n) is 8.17. The lowest BCUT2D eigenvalue weighted by molar-refractivity contribution is -0.271. The molecule has 1 aromatic heterocycles. The summed E-state index contributed by atoms with van der Waals surface area (Å²) < 4.78 is 56.6. The van der Waals surface area contributed by atoms with Gasteiger partial charge in [0.05, 0.1) is 6.54 Å². The van der Waals surface area contributed by atoms with E-state index in [1.54, 1.807) is 20.8 Å². The number of aryl methyl sites for hydroxylation is 3. The molecule has 3 nitrogen and oxygen atoms in total. The molecule has 0 aliphatic carbocycles. The predicted octanol–water partition coefficient (Wildman–Crippen LogP) is 4.57. The maximum Gasteiger partial charge on any atom is 0.418 e. The highest BCUT2D eigenvalue weighted by molar-refractivity contribution is 5.33. The number of nitrogens with zero attached hydrogens (tertiary/aromatic N) is 1. The van der Waals surface area contributed by atoms with Crippen LogP contribution in [0.4, 0.5) is 17.6 Å². The SMILES string of the molecule is Cc1ccc(F)cc1C(C)(C)CC(O)(Cn1cc(C)c(=O)c(C)c1)C(F)(F)F. The molecular weight excluding hydrogens is 374 g/mol. The molecule has 0 saturated carbocycles. The lowest BCUT2D eigenvalue weighted by Crippen LogP contribution is -2.52. The summed E-state index contributed by atoms with van der Waals surface area (Å²) in [7, 11) is 0. The molecule has 2 rings (SSSR count). The maximum absolute atomic E-state index is 13.9. The summed E-state index contributed by atoms with van der Waals surface area (Å²) in [4.78, 5) is 11.8. The largest absolute Gasteiger partial charge is 0.418 e. The first-order valence-electron chi connectivity index (χ1n) is 8.89. The van der Waals surface area contributed by atoms with Crippen LogP contribution < -0.4 is 5.43 Å². The first-order chi connectivity index (χ1) is 12.7. The van der Waals surface area contributed by atoms with Gasteiger partial charge in [-0.25, -0.2) is 4.39 Å². The van der Waals surface area contributed by atoms with Gasteiger partial charge >= 0.3 is 6.18 Å². The van der Waals surface area contributed by atoms with Gasteiger partial charge in [-0.05, 0) is 55.9 Å². The number of rotatable bonds is 5. The van der Waals surface area contributed by atoms with E-state index >= 15 is 0 Å². The minimum absolute atomic E-state index is 0.248. The molecule has 0 aliphatic rings. The summed E-state index contributed by atoms with van der Waals surface area (Å²) >= 11 is 0. The van der Waals surface area contributed by atoms with Crippen LogP contribution in [0.15, 0.2) is 35.4 Å². The van der Waals surface area contributed by atoms with Crippen molar-refractivity contribution in [2.75, 3.05) is 0 Å². The van der Waals surface area contributed by atoms with Crippen molar-refractivity contribution in [3.63, 3.8) is 0 Å². The van der Waals surface area contributed by atoms with Gasteiger partial charge in [0.1, 0.15) is 5.82 Å². The van der Waals surface area contributed by atoms with E-state index in [2.05, 4.69) is 0 Å². The van der Waals surface area contributed by atoms with E-state index in [1.165, 1.54) is 49.0 Å². The molecule has 0 aliphatic heterocycles. The van der Waals surface area contributed by atoms with Gasteiger partial charge in [-0.3, -0.25) is 4.79 Å². The molecule has 0 amide bonds. The molecule has 1 aromatic carbocycles. The number of alkyl halides is 3. The number of hydrogen-bond acceptors (Lipinski definition) is 2. The Bertz CT molecular complexity index is 905. The van der Waals surface area contributed by atoms with E-state index in [0.717, 1.165) is 0 Å². The highest BCUT2D eigenvalue weighted by atomic mass is 19.4. The highest BCUT2D eigenvalue weighted by Crippen LogP contribution is 2.43. The molecule has 0 spiro atoms. The molecule has 2 aromatic rings. The van der Waals surface area contributed by atoms with Crippen LogP contribution in [0.5, 0.6) is 0 Å². The number of halogens is 4. The topological polar surface area (TPSA) is 42.2 Å². The van der Waals surface area contributed by atoms with Crippen molar-refractivity contribution in [3.05, 3.63) is 68.9 Å². The molecule has 1 unspecified atom stereocenters. The molecule has 0 bridgehead atoms. The lowest BCUT2D eigenvalue weighted by Gasteiger charge is -2.39. The minimum Gasteiger partial charge on any atom is -0.379 e. The number of pyridine rings is 1. The lowest BCUT2D eigenvalue weighted by atomic mass is 9.73. The summed E-state index contributed by atoms with van der Waals surface area (Å²) in [5, 5.41) is 10.7. The Balaban J connectivity index is 2.48. The van der Waals surface area contributed by atoms with Crippen LogP contribution in [0.2, 0.25) is 0 Å². The number of aromatic nitrogens is 1. The quantitative estimate of drug-likeness (QED) is 0.749. The zero-order valence-corrected chi connectivity index (χ0v) is 16.6. The van der Waals surface area contributed by atoms with E-state index in [1.807, 2.05) is 0 Å². The maximum atomic E-state index is 13.9. The monoisotopic (exact) mass is 399 g/mol. The first-order valence-corrected chi connectivity index (χ1v) is 8.89. The summed E-state index contributed by atoms with van der Waals surface area (Å²) in [6.07, 6.45) is -2.99. The van der Waals surface area contributed by atoms with Crippen molar-refractivity contribution in [2.45, 2.75) is 64.8 Å². The second-order valence-corrected chi connectivity index (χ2v) is 8.17. The van der Waals surface area contributed by atoms with Gasteiger partial charge in [0.25, 0.3) is 0 Å². The Hall–Kier alpha value is -2.15. The van der Waals surface area contributed by atoms with Gasteiger partial charge in [-0.1, -0.05) is 19.9 Å². The van der Waals surface area contributed by atoms with Crippen LogP contribution in [0, 0.1) is 26.6 Å². The molecule has 0 radical (unpaired) electrons. The fourth-order valence-electron chi connectivity index (χ4n) is 3.75. The Morgan fingerprint density at radius 1 is 1.00 bits per heavy atom. The predicted molar refractivity (Wildman–Crippen MR) is 100.0 cm³/mol. The summed E-state index contributed by atoms with van der Waals surface area (Å²) in [6, 6.07) is 3.96. The molecule has 154 valence electrons. The summed E-state index contributed by atoms with van der Waals surface area (Å²) in [6.45, 7) is 7.05. The van der Waals surface area contributed by atoms with E-state index in [4.69, 9.17) is 0 Å². The molecule has 0 saturated heterocycles. The Morgan fingerprint density at radius 2 is 1.54 bits per heavy atom. The van der Waals surface area contributed by atoms with Gasteiger partial charge in [0.2, 0.25) is 0 Å². The Kier molecular flexibility index (Phi) is 5.81. The summed E-state index contributed by atoms with van der Waals surface area (Å²) in [5.41, 5.74) is -2.83. The van der Waals surface area contributed by atoms with E-state index in [9.17, 15) is 27.5 Å². The Morgan fingerprint density at radius 3 is 2.04 bits per heavy atom. The van der Waals surface area contributed by atoms with Gasteiger partial charge < -0.3 is 9.67 Å². The third kappa shape index (κ3) is 4.46. The fraction of sp³-hybridized carbons (Fsp3) is 0.476. The smallest absolute Gasteiger partial charge is 0.379 e. The standard InChI is InChI=1S/C21H25F4NO2/c1-13-6-7-16(22)8-17(13)19(4,5)11-20(28,21(23,24)25)12-26-9-14(2)18(27)15(3)10-26/h6-10,28H,11-12H2,1-5H3. The van der Waals surface area contributed by atoms with Gasteiger partial charge in [0, 0.05) is 23.5 Å². The van der Waals surface area contributed by atoms with Crippen molar-refractivity contribution in [3.8, 4) is 0 Å². The first kappa shape index (κ1) is 22.1. The van der Waals surface area contributed by atoms with Crippen LogP contribution in [-0.2, 0) is 12.0 Å². The molecule has 28 heavy (non-hydrogen) atoms. The zero-order chi connectivity index (χ0) is 21.5. The van der Waals surface area contributed by atoms with E-state index < -0.39 is 36.0 Å². The average molecular weight is 399 g/mol. The van der Waals surface area contributed by atoms with Crippen molar-refractivity contribution < 1.29 is 22.7 Å². The molecular formula is C21H25F4NO2. The van der Waals surface area contributed by atoms with Crippen LogP contribution >= 0.6 is 0 Å².